The van der Waals surface area contributed by atoms with Crippen molar-refractivity contribution in [2.45, 2.75) is 12.8 Å². The lowest BCUT2D eigenvalue weighted by Crippen LogP contribution is -2.50. The Hall–Kier alpha value is -3.68. The molecule has 0 radical (unpaired) electrons. The summed E-state index contributed by atoms with van der Waals surface area (Å²) in [6.07, 6.45) is 0.321. The summed E-state index contributed by atoms with van der Waals surface area (Å²) in [4.78, 5) is 49.4. The average Bonchev–Trinajstić information content (AvgIpc) is 2.69. The summed E-state index contributed by atoms with van der Waals surface area (Å²) in [7, 11) is 3.31. The molecule has 1 fully saturated rings. The highest BCUT2D eigenvalue weighted by Crippen LogP contribution is 2.19. The lowest BCUT2D eigenvalue weighted by molar-refractivity contribution is -0.130. The van der Waals surface area contributed by atoms with Crippen LogP contribution < -0.4 is 15.8 Å². The van der Waals surface area contributed by atoms with Crippen LogP contribution >= 0.6 is 0 Å². The van der Waals surface area contributed by atoms with Crippen molar-refractivity contribution in [1.29, 1.82) is 0 Å². The van der Waals surface area contributed by atoms with Crippen LogP contribution in [0.5, 0.6) is 0 Å². The van der Waals surface area contributed by atoms with E-state index in [0.29, 0.717) is 22.5 Å². The fourth-order valence-electron chi connectivity index (χ4n) is 2.74. The van der Waals surface area contributed by atoms with Gasteiger partial charge in [0.2, 0.25) is 11.8 Å². The first-order valence-electron chi connectivity index (χ1n) is 8.71. The number of benzene rings is 2. The van der Waals surface area contributed by atoms with E-state index < -0.39 is 0 Å². The molecule has 3 rings (SSSR count). The molecule has 28 heavy (non-hydrogen) atoms. The fourth-order valence-corrected chi connectivity index (χ4v) is 2.74. The second kappa shape index (κ2) is 7.91. The molecular weight excluding hydrogens is 360 g/mol. The predicted molar refractivity (Wildman–Crippen MR) is 104 cm³/mol. The molecule has 1 aliphatic rings. The van der Waals surface area contributed by atoms with E-state index in [1.165, 1.54) is 9.91 Å². The minimum atomic E-state index is -0.352. The molecule has 8 nitrogen and oxygen atoms in total. The van der Waals surface area contributed by atoms with Gasteiger partial charge in [-0.3, -0.25) is 24.6 Å². The number of amides is 4. The maximum Gasteiger partial charge on any atom is 0.255 e. The molecule has 8 heteroatoms. The topological polar surface area (TPSA) is 98.8 Å². The molecule has 2 N–H and O–H groups in total. The molecule has 0 bridgehead atoms. The van der Waals surface area contributed by atoms with Crippen LogP contribution in [0.15, 0.2) is 48.5 Å². The van der Waals surface area contributed by atoms with Gasteiger partial charge in [-0.05, 0) is 42.5 Å². The first-order valence-corrected chi connectivity index (χ1v) is 8.71. The third-order valence-corrected chi connectivity index (χ3v) is 4.21. The van der Waals surface area contributed by atoms with Gasteiger partial charge in [-0.15, -0.1) is 0 Å². The lowest BCUT2D eigenvalue weighted by atomic mass is 10.1. The number of hydrogen-bond donors (Lipinski definition) is 2. The van der Waals surface area contributed by atoms with Gasteiger partial charge in [0, 0.05) is 43.8 Å². The molecule has 144 valence electrons. The Kier molecular flexibility index (Phi) is 5.39. The number of anilines is 2. The molecule has 0 aliphatic carbocycles. The predicted octanol–water partition coefficient (Wildman–Crippen LogP) is 1.80. The molecular formula is C20H20N4O4. The van der Waals surface area contributed by atoms with Crippen LogP contribution in [0.2, 0.25) is 0 Å². The van der Waals surface area contributed by atoms with E-state index in [1.807, 2.05) is 0 Å². The monoisotopic (exact) mass is 380 g/mol. The second-order valence-corrected chi connectivity index (χ2v) is 6.55. The van der Waals surface area contributed by atoms with Gasteiger partial charge in [-0.1, -0.05) is 6.07 Å². The van der Waals surface area contributed by atoms with Gasteiger partial charge < -0.3 is 10.2 Å². The number of carbonyl (C=O) groups excluding carboxylic acids is 4. The summed E-state index contributed by atoms with van der Waals surface area (Å²) < 4.78 is 0. The van der Waals surface area contributed by atoms with Gasteiger partial charge in [-0.25, -0.2) is 5.01 Å². The van der Waals surface area contributed by atoms with E-state index in [9.17, 15) is 19.2 Å². The highest BCUT2D eigenvalue weighted by atomic mass is 16.2. The van der Waals surface area contributed by atoms with Crippen molar-refractivity contribution >= 4 is 35.0 Å². The molecule has 1 saturated heterocycles. The molecule has 4 amide bonds. The number of hydrazine groups is 1. The molecule has 0 atom stereocenters. The standard InChI is InChI=1S/C20H20N4O4/c1-23(2)20(28)14-4-3-5-15(12-14)21-19(27)13-6-8-16(9-7-13)24-18(26)11-10-17(25)22-24/h3-9,12H,10-11H2,1-2H3,(H,21,27)(H,22,25). The minimum absolute atomic E-state index is 0.149. The van der Waals surface area contributed by atoms with E-state index in [1.54, 1.807) is 62.6 Å². The zero-order chi connectivity index (χ0) is 20.3. The summed E-state index contributed by atoms with van der Waals surface area (Å²) in [5, 5.41) is 3.93. The zero-order valence-corrected chi connectivity index (χ0v) is 15.6. The normalized spacial score (nSPS) is 13.7. The highest BCUT2D eigenvalue weighted by molar-refractivity contribution is 6.06. The molecule has 0 saturated carbocycles. The van der Waals surface area contributed by atoms with Crippen LogP contribution in [0.4, 0.5) is 11.4 Å². The van der Waals surface area contributed by atoms with Crippen LogP contribution in [0.25, 0.3) is 0 Å². The number of nitrogens with zero attached hydrogens (tertiary/aromatic N) is 2. The smallest absolute Gasteiger partial charge is 0.255 e. The Bertz CT molecular complexity index is 937. The minimum Gasteiger partial charge on any atom is -0.345 e. The Morgan fingerprint density at radius 1 is 1.00 bits per heavy atom. The molecule has 2 aromatic carbocycles. The van der Waals surface area contributed by atoms with Gasteiger partial charge in [0.1, 0.15) is 0 Å². The van der Waals surface area contributed by atoms with Gasteiger partial charge in [0.15, 0.2) is 0 Å². The van der Waals surface area contributed by atoms with Crippen molar-refractivity contribution in [1.82, 2.24) is 10.3 Å². The SMILES string of the molecule is CN(C)C(=O)c1cccc(NC(=O)c2ccc(N3NC(=O)CCC3=O)cc2)c1. The van der Waals surface area contributed by atoms with Crippen LogP contribution in [-0.2, 0) is 9.59 Å². The van der Waals surface area contributed by atoms with Crippen molar-refractivity contribution in [2.24, 2.45) is 0 Å². The van der Waals surface area contributed by atoms with E-state index in [-0.39, 0.29) is 36.5 Å². The van der Waals surface area contributed by atoms with Gasteiger partial charge in [0.05, 0.1) is 5.69 Å². The summed E-state index contributed by atoms with van der Waals surface area (Å²) in [5.74, 6) is -0.948. The number of carbonyl (C=O) groups is 4. The Balaban J connectivity index is 1.72. The van der Waals surface area contributed by atoms with Crippen molar-refractivity contribution in [3.63, 3.8) is 0 Å². The Morgan fingerprint density at radius 3 is 2.39 bits per heavy atom. The van der Waals surface area contributed by atoms with Crippen LogP contribution in [0, 0.1) is 0 Å². The fraction of sp³-hybridized carbons (Fsp3) is 0.200. The van der Waals surface area contributed by atoms with Gasteiger partial charge >= 0.3 is 0 Å². The summed E-state index contributed by atoms with van der Waals surface area (Å²) >= 11 is 0. The highest BCUT2D eigenvalue weighted by Gasteiger charge is 2.24. The molecule has 1 heterocycles. The largest absolute Gasteiger partial charge is 0.345 e. The van der Waals surface area contributed by atoms with Crippen molar-refractivity contribution < 1.29 is 19.2 Å². The zero-order valence-electron chi connectivity index (χ0n) is 15.6. The first kappa shape index (κ1) is 19.1. The Labute approximate surface area is 162 Å². The molecule has 0 aromatic heterocycles. The number of hydrogen-bond acceptors (Lipinski definition) is 4. The third kappa shape index (κ3) is 4.17. The summed E-state index contributed by atoms with van der Waals surface area (Å²) in [5.41, 5.74) is 4.33. The lowest BCUT2D eigenvalue weighted by Gasteiger charge is -2.27. The van der Waals surface area contributed by atoms with Crippen LogP contribution in [0.3, 0.4) is 0 Å². The van der Waals surface area contributed by atoms with E-state index in [4.69, 9.17) is 0 Å². The maximum absolute atomic E-state index is 12.5. The van der Waals surface area contributed by atoms with E-state index >= 15 is 0 Å². The average molecular weight is 380 g/mol. The van der Waals surface area contributed by atoms with Crippen molar-refractivity contribution in [3.8, 4) is 0 Å². The van der Waals surface area contributed by atoms with Crippen LogP contribution in [0.1, 0.15) is 33.6 Å². The van der Waals surface area contributed by atoms with Gasteiger partial charge in [0.25, 0.3) is 11.8 Å². The Morgan fingerprint density at radius 2 is 1.71 bits per heavy atom. The maximum atomic E-state index is 12.5. The molecule has 0 spiro atoms. The summed E-state index contributed by atoms with van der Waals surface area (Å²) in [6.45, 7) is 0. The number of rotatable bonds is 4. The van der Waals surface area contributed by atoms with Crippen molar-refractivity contribution in [2.75, 3.05) is 24.4 Å². The van der Waals surface area contributed by atoms with Crippen molar-refractivity contribution in [3.05, 3.63) is 59.7 Å². The van der Waals surface area contributed by atoms with Crippen LogP contribution in [-0.4, -0.2) is 42.6 Å². The molecule has 1 aliphatic heterocycles. The first-order chi connectivity index (χ1) is 13.3. The quantitative estimate of drug-likeness (QED) is 0.845. The van der Waals surface area contributed by atoms with Gasteiger partial charge in [-0.2, -0.15) is 0 Å². The molecule has 2 aromatic rings. The third-order valence-electron chi connectivity index (χ3n) is 4.21. The number of nitrogens with one attached hydrogen (secondary N) is 2. The molecule has 0 unspecified atom stereocenters. The van der Waals surface area contributed by atoms with E-state index in [2.05, 4.69) is 10.7 Å². The van der Waals surface area contributed by atoms with E-state index in [0.717, 1.165) is 0 Å². The second-order valence-electron chi connectivity index (χ2n) is 6.55. The summed E-state index contributed by atoms with van der Waals surface area (Å²) in [6, 6.07) is 13.0.